The summed E-state index contributed by atoms with van der Waals surface area (Å²) in [7, 11) is 0. The summed E-state index contributed by atoms with van der Waals surface area (Å²) in [5.41, 5.74) is -0.917. The third kappa shape index (κ3) is 2.13. The van der Waals surface area contributed by atoms with Crippen LogP contribution in [0.1, 0.15) is 33.1 Å². The van der Waals surface area contributed by atoms with Crippen molar-refractivity contribution in [2.45, 2.75) is 39.2 Å². The molecule has 1 N–H and O–H groups in total. The Morgan fingerprint density at radius 2 is 2.06 bits per heavy atom. The van der Waals surface area contributed by atoms with Crippen molar-refractivity contribution in [1.29, 1.82) is 0 Å². The van der Waals surface area contributed by atoms with Crippen LogP contribution in [0.3, 0.4) is 0 Å². The molecule has 100 valence electrons. The summed E-state index contributed by atoms with van der Waals surface area (Å²) < 4.78 is 0. The highest BCUT2D eigenvalue weighted by atomic mass is 32.2. The van der Waals surface area contributed by atoms with E-state index in [1.165, 1.54) is 4.90 Å². The van der Waals surface area contributed by atoms with Crippen molar-refractivity contribution in [3.05, 3.63) is 0 Å². The number of carbonyl (C=O) groups is 3. The molecule has 1 saturated heterocycles. The fourth-order valence-electron chi connectivity index (χ4n) is 2.19. The summed E-state index contributed by atoms with van der Waals surface area (Å²) in [4.78, 5) is 36.9. The van der Waals surface area contributed by atoms with Crippen molar-refractivity contribution in [1.82, 2.24) is 10.2 Å². The van der Waals surface area contributed by atoms with Gasteiger partial charge in [0.15, 0.2) is 0 Å². The van der Waals surface area contributed by atoms with Gasteiger partial charge >= 0.3 is 6.03 Å². The topological polar surface area (TPSA) is 66.5 Å². The van der Waals surface area contributed by atoms with Gasteiger partial charge in [0.05, 0.1) is 0 Å². The molecule has 18 heavy (non-hydrogen) atoms. The standard InChI is InChI=1S/C12H18N2O3S/c1-3-18-7-4-8(2)14-10(16)12(5-6-12)9(15)13-11(14)17/h8H,3-7H2,1-2H3,(H,13,15,17). The van der Waals surface area contributed by atoms with Crippen LogP contribution in [0.4, 0.5) is 4.79 Å². The van der Waals surface area contributed by atoms with E-state index in [1.54, 1.807) is 11.8 Å². The van der Waals surface area contributed by atoms with Gasteiger partial charge in [-0.3, -0.25) is 19.8 Å². The molecule has 0 aromatic rings. The van der Waals surface area contributed by atoms with E-state index in [9.17, 15) is 14.4 Å². The summed E-state index contributed by atoms with van der Waals surface area (Å²) in [5.74, 6) is 1.22. The second kappa shape index (κ2) is 4.91. The summed E-state index contributed by atoms with van der Waals surface area (Å²) in [6.45, 7) is 3.94. The molecule has 1 aliphatic carbocycles. The molecule has 2 aliphatic rings. The zero-order valence-corrected chi connectivity index (χ0v) is 11.5. The van der Waals surface area contributed by atoms with Crippen LogP contribution in [-0.2, 0) is 9.59 Å². The van der Waals surface area contributed by atoms with E-state index >= 15 is 0 Å². The van der Waals surface area contributed by atoms with Crippen molar-refractivity contribution in [3.63, 3.8) is 0 Å². The predicted octanol–water partition coefficient (Wildman–Crippen LogP) is 1.38. The van der Waals surface area contributed by atoms with Crippen LogP contribution in [-0.4, -0.2) is 40.3 Å². The van der Waals surface area contributed by atoms with E-state index in [2.05, 4.69) is 12.2 Å². The van der Waals surface area contributed by atoms with Crippen molar-refractivity contribution >= 4 is 29.6 Å². The number of hydrogen-bond donors (Lipinski definition) is 1. The highest BCUT2D eigenvalue weighted by Gasteiger charge is 2.62. The molecule has 0 bridgehead atoms. The van der Waals surface area contributed by atoms with E-state index < -0.39 is 17.4 Å². The molecule has 1 heterocycles. The monoisotopic (exact) mass is 270 g/mol. The van der Waals surface area contributed by atoms with Gasteiger partial charge in [0.25, 0.3) is 0 Å². The van der Waals surface area contributed by atoms with E-state index in [0.717, 1.165) is 17.9 Å². The predicted molar refractivity (Wildman–Crippen MR) is 69.1 cm³/mol. The summed E-state index contributed by atoms with van der Waals surface area (Å²) >= 11 is 1.78. The number of thioether (sulfide) groups is 1. The maximum Gasteiger partial charge on any atom is 0.331 e. The maximum absolute atomic E-state index is 12.2. The average Bonchev–Trinajstić information content (AvgIpc) is 3.08. The zero-order valence-electron chi connectivity index (χ0n) is 10.7. The fourth-order valence-corrected chi connectivity index (χ4v) is 2.99. The van der Waals surface area contributed by atoms with Crippen LogP contribution >= 0.6 is 11.8 Å². The van der Waals surface area contributed by atoms with Crippen molar-refractivity contribution < 1.29 is 14.4 Å². The molecule has 1 unspecified atom stereocenters. The Morgan fingerprint density at radius 3 is 2.61 bits per heavy atom. The molecule has 1 aliphatic heterocycles. The number of nitrogens with zero attached hydrogens (tertiary/aromatic N) is 1. The van der Waals surface area contributed by atoms with Crippen LogP contribution in [0.2, 0.25) is 0 Å². The van der Waals surface area contributed by atoms with Crippen molar-refractivity contribution in [2.24, 2.45) is 5.41 Å². The lowest BCUT2D eigenvalue weighted by atomic mass is 10.0. The maximum atomic E-state index is 12.2. The number of amides is 4. The number of hydrogen-bond acceptors (Lipinski definition) is 4. The second-order valence-corrected chi connectivity index (χ2v) is 6.25. The summed E-state index contributed by atoms with van der Waals surface area (Å²) in [5, 5.41) is 2.30. The smallest absolute Gasteiger partial charge is 0.277 e. The molecule has 0 aromatic carbocycles. The van der Waals surface area contributed by atoms with Crippen molar-refractivity contribution in [2.75, 3.05) is 11.5 Å². The molecule has 5 nitrogen and oxygen atoms in total. The number of rotatable bonds is 5. The lowest BCUT2D eigenvalue weighted by Crippen LogP contribution is -2.61. The first-order valence-corrected chi connectivity index (χ1v) is 7.45. The normalized spacial score (nSPS) is 23.2. The number of barbiturate groups is 1. The molecular formula is C12H18N2O3S. The Morgan fingerprint density at radius 1 is 1.39 bits per heavy atom. The van der Waals surface area contributed by atoms with Crippen molar-refractivity contribution in [3.8, 4) is 0 Å². The third-order valence-electron chi connectivity index (χ3n) is 3.58. The minimum atomic E-state index is -0.917. The SMILES string of the molecule is CCSCCC(C)N1C(=O)NC(=O)C2(CC2)C1=O. The minimum absolute atomic E-state index is 0.151. The summed E-state index contributed by atoms with van der Waals surface area (Å²) in [6.07, 6.45) is 1.90. The van der Waals surface area contributed by atoms with Gasteiger partial charge in [-0.25, -0.2) is 4.79 Å². The first kappa shape index (κ1) is 13.4. The van der Waals surface area contributed by atoms with Crippen LogP contribution < -0.4 is 5.32 Å². The van der Waals surface area contributed by atoms with Gasteiger partial charge in [-0.15, -0.1) is 0 Å². The molecule has 0 aromatic heterocycles. The van der Waals surface area contributed by atoms with Gasteiger partial charge in [-0.1, -0.05) is 6.92 Å². The first-order valence-electron chi connectivity index (χ1n) is 6.29. The molecule has 1 saturated carbocycles. The molecule has 1 spiro atoms. The number of urea groups is 1. The molecule has 2 fully saturated rings. The van der Waals surface area contributed by atoms with E-state index in [4.69, 9.17) is 0 Å². The molecule has 0 radical (unpaired) electrons. The van der Waals surface area contributed by atoms with Crippen LogP contribution in [0.15, 0.2) is 0 Å². The second-order valence-electron chi connectivity index (χ2n) is 4.85. The van der Waals surface area contributed by atoms with E-state index in [0.29, 0.717) is 12.8 Å². The average molecular weight is 270 g/mol. The Kier molecular flexibility index (Phi) is 3.66. The molecule has 1 atom stereocenters. The lowest BCUT2D eigenvalue weighted by Gasteiger charge is -2.34. The van der Waals surface area contributed by atoms with Crippen LogP contribution in [0, 0.1) is 5.41 Å². The minimum Gasteiger partial charge on any atom is -0.277 e. The van der Waals surface area contributed by atoms with Gasteiger partial charge < -0.3 is 0 Å². The number of imide groups is 2. The largest absolute Gasteiger partial charge is 0.331 e. The van der Waals surface area contributed by atoms with Crippen LogP contribution in [0.25, 0.3) is 0 Å². The fraction of sp³-hybridized carbons (Fsp3) is 0.750. The van der Waals surface area contributed by atoms with Gasteiger partial charge in [0.1, 0.15) is 5.41 Å². The van der Waals surface area contributed by atoms with E-state index in [-0.39, 0.29) is 11.9 Å². The van der Waals surface area contributed by atoms with E-state index in [1.807, 2.05) is 6.92 Å². The lowest BCUT2D eigenvalue weighted by molar-refractivity contribution is -0.145. The Labute approximate surface area is 111 Å². The quantitative estimate of drug-likeness (QED) is 0.605. The van der Waals surface area contributed by atoms with Gasteiger partial charge in [-0.2, -0.15) is 11.8 Å². The molecular weight excluding hydrogens is 252 g/mol. The molecule has 2 rings (SSSR count). The molecule has 6 heteroatoms. The number of carbonyl (C=O) groups excluding carboxylic acids is 3. The number of nitrogens with one attached hydrogen (secondary N) is 1. The third-order valence-corrected chi connectivity index (χ3v) is 4.51. The Hall–Kier alpha value is -1.04. The Balaban J connectivity index is 2.04. The highest BCUT2D eigenvalue weighted by molar-refractivity contribution is 7.99. The molecule has 4 amide bonds. The van der Waals surface area contributed by atoms with Gasteiger partial charge in [0, 0.05) is 6.04 Å². The summed E-state index contributed by atoms with van der Waals surface area (Å²) in [6, 6.07) is -0.710. The Bertz CT molecular complexity index is 393. The van der Waals surface area contributed by atoms with Gasteiger partial charge in [0.2, 0.25) is 11.8 Å². The van der Waals surface area contributed by atoms with Crippen LogP contribution in [0.5, 0.6) is 0 Å². The zero-order chi connectivity index (χ0) is 13.3. The van der Waals surface area contributed by atoms with Gasteiger partial charge in [-0.05, 0) is 37.7 Å². The first-order chi connectivity index (χ1) is 8.53. The highest BCUT2D eigenvalue weighted by Crippen LogP contribution is 2.49.